The molecule has 1 aromatic rings. The van der Waals surface area contributed by atoms with Gasteiger partial charge in [0.25, 0.3) is 0 Å². The smallest absolute Gasteiger partial charge is 0.118 e. The van der Waals surface area contributed by atoms with Gasteiger partial charge >= 0.3 is 0 Å². The van der Waals surface area contributed by atoms with Gasteiger partial charge in [-0.25, -0.2) is 0 Å². The summed E-state index contributed by atoms with van der Waals surface area (Å²) in [5.41, 5.74) is 1.26. The van der Waals surface area contributed by atoms with E-state index in [-0.39, 0.29) is 0 Å². The summed E-state index contributed by atoms with van der Waals surface area (Å²) in [6.07, 6.45) is 18.3. The maximum Gasteiger partial charge on any atom is 0.118 e. The third-order valence-corrected chi connectivity index (χ3v) is 3.90. The highest BCUT2D eigenvalue weighted by Gasteiger charge is 1.92. The Kier molecular flexibility index (Phi) is 10.6. The van der Waals surface area contributed by atoms with E-state index in [1.54, 1.807) is 7.11 Å². The van der Waals surface area contributed by atoms with Gasteiger partial charge in [0.1, 0.15) is 5.75 Å². The van der Waals surface area contributed by atoms with Crippen molar-refractivity contribution in [3.8, 4) is 5.75 Å². The molecule has 0 spiro atoms. The summed E-state index contributed by atoms with van der Waals surface area (Å²) < 4.78 is 5.16. The summed E-state index contributed by atoms with van der Waals surface area (Å²) in [4.78, 5) is 0. The minimum absolute atomic E-state index is 0.922. The first-order chi connectivity index (χ1) is 10.4. The number of hydrogen-bond acceptors (Lipinski definition) is 1. The standard InChI is InChI=1S/C20H32O/c1-3-4-5-6-7-8-9-10-11-12-13-14-19-15-17-20(21-2)18-16-19/h13-18H,3-12H2,1-2H3. The van der Waals surface area contributed by atoms with E-state index in [1.807, 2.05) is 12.1 Å². The molecule has 0 N–H and O–H groups in total. The summed E-state index contributed by atoms with van der Waals surface area (Å²) >= 11 is 0. The van der Waals surface area contributed by atoms with Gasteiger partial charge in [0, 0.05) is 0 Å². The summed E-state index contributed by atoms with van der Waals surface area (Å²) in [5, 5.41) is 0. The van der Waals surface area contributed by atoms with Crippen LogP contribution in [0, 0.1) is 0 Å². The van der Waals surface area contributed by atoms with Crippen LogP contribution in [0.3, 0.4) is 0 Å². The zero-order chi connectivity index (χ0) is 15.2. The molecule has 0 radical (unpaired) electrons. The fraction of sp³-hybridized carbons (Fsp3) is 0.600. The first-order valence-corrected chi connectivity index (χ1v) is 8.67. The summed E-state index contributed by atoms with van der Waals surface area (Å²) in [6.45, 7) is 2.28. The van der Waals surface area contributed by atoms with Gasteiger partial charge in [-0.15, -0.1) is 0 Å². The predicted octanol–water partition coefficient (Wildman–Crippen LogP) is 6.63. The molecule has 0 saturated carbocycles. The molecular formula is C20H32O. The van der Waals surface area contributed by atoms with Gasteiger partial charge in [-0.1, -0.05) is 82.6 Å². The van der Waals surface area contributed by atoms with Gasteiger partial charge < -0.3 is 4.74 Å². The summed E-state index contributed by atoms with van der Waals surface area (Å²) in [5.74, 6) is 0.922. The van der Waals surface area contributed by atoms with Crippen molar-refractivity contribution in [1.82, 2.24) is 0 Å². The monoisotopic (exact) mass is 288 g/mol. The van der Waals surface area contributed by atoms with Crippen LogP contribution >= 0.6 is 0 Å². The Morgan fingerprint density at radius 3 is 1.95 bits per heavy atom. The fourth-order valence-electron chi connectivity index (χ4n) is 2.51. The highest BCUT2D eigenvalue weighted by Crippen LogP contribution is 2.14. The third kappa shape index (κ3) is 9.33. The molecule has 0 amide bonds. The number of allylic oxidation sites excluding steroid dienone is 1. The van der Waals surface area contributed by atoms with Crippen molar-refractivity contribution in [3.05, 3.63) is 35.9 Å². The van der Waals surface area contributed by atoms with Crippen LogP contribution in [-0.2, 0) is 0 Å². The lowest BCUT2D eigenvalue weighted by Crippen LogP contribution is -1.82. The van der Waals surface area contributed by atoms with E-state index in [9.17, 15) is 0 Å². The highest BCUT2D eigenvalue weighted by atomic mass is 16.5. The SMILES string of the molecule is CCCCCCCCCCCC=Cc1ccc(OC)cc1. The van der Waals surface area contributed by atoms with Gasteiger partial charge in [0.05, 0.1) is 7.11 Å². The Bertz CT molecular complexity index is 364. The normalized spacial score (nSPS) is 11.1. The second kappa shape index (κ2) is 12.5. The minimum atomic E-state index is 0.922. The molecule has 1 aromatic carbocycles. The Hall–Kier alpha value is -1.24. The lowest BCUT2D eigenvalue weighted by Gasteiger charge is -2.01. The number of ether oxygens (including phenoxy) is 1. The maximum atomic E-state index is 5.16. The largest absolute Gasteiger partial charge is 0.497 e. The molecular weight excluding hydrogens is 256 g/mol. The zero-order valence-electron chi connectivity index (χ0n) is 13.9. The van der Waals surface area contributed by atoms with Crippen molar-refractivity contribution in [2.24, 2.45) is 0 Å². The molecule has 21 heavy (non-hydrogen) atoms. The first kappa shape index (κ1) is 17.8. The van der Waals surface area contributed by atoms with Gasteiger partial charge in [0.15, 0.2) is 0 Å². The van der Waals surface area contributed by atoms with Crippen LogP contribution in [0.1, 0.15) is 76.7 Å². The van der Waals surface area contributed by atoms with Gasteiger partial charge in [0.2, 0.25) is 0 Å². The third-order valence-electron chi connectivity index (χ3n) is 3.90. The topological polar surface area (TPSA) is 9.23 Å². The molecule has 0 heterocycles. The van der Waals surface area contributed by atoms with Gasteiger partial charge in [-0.3, -0.25) is 0 Å². The number of rotatable bonds is 12. The molecule has 1 nitrogen and oxygen atoms in total. The van der Waals surface area contributed by atoms with E-state index < -0.39 is 0 Å². The molecule has 0 unspecified atom stereocenters. The molecule has 1 rings (SSSR count). The maximum absolute atomic E-state index is 5.16. The van der Waals surface area contributed by atoms with E-state index in [4.69, 9.17) is 4.74 Å². The average molecular weight is 288 g/mol. The average Bonchev–Trinajstić information content (AvgIpc) is 2.53. The van der Waals surface area contributed by atoms with Crippen molar-refractivity contribution >= 4 is 6.08 Å². The Labute approximate surface area is 131 Å². The number of benzene rings is 1. The summed E-state index contributed by atoms with van der Waals surface area (Å²) in [6, 6.07) is 8.23. The molecule has 0 saturated heterocycles. The Morgan fingerprint density at radius 2 is 1.38 bits per heavy atom. The molecule has 0 atom stereocenters. The lowest BCUT2D eigenvalue weighted by atomic mass is 10.1. The molecule has 0 aliphatic rings. The number of unbranched alkanes of at least 4 members (excludes halogenated alkanes) is 9. The van der Waals surface area contributed by atoms with Crippen molar-refractivity contribution < 1.29 is 4.74 Å². The van der Waals surface area contributed by atoms with Crippen LogP contribution < -0.4 is 4.74 Å². The van der Waals surface area contributed by atoms with Gasteiger partial charge in [-0.05, 0) is 30.5 Å². The van der Waals surface area contributed by atoms with E-state index in [2.05, 4.69) is 31.2 Å². The molecule has 0 aromatic heterocycles. The zero-order valence-corrected chi connectivity index (χ0v) is 13.9. The van der Waals surface area contributed by atoms with Crippen LogP contribution in [0.15, 0.2) is 30.3 Å². The second-order valence-electron chi connectivity index (χ2n) is 5.79. The molecule has 1 heteroatoms. The van der Waals surface area contributed by atoms with E-state index in [0.717, 1.165) is 5.75 Å². The van der Waals surface area contributed by atoms with Crippen molar-refractivity contribution in [2.45, 2.75) is 71.1 Å². The molecule has 0 aliphatic carbocycles. The van der Waals surface area contributed by atoms with Crippen molar-refractivity contribution in [3.63, 3.8) is 0 Å². The first-order valence-electron chi connectivity index (χ1n) is 8.67. The van der Waals surface area contributed by atoms with Crippen LogP contribution in [0.25, 0.3) is 6.08 Å². The second-order valence-corrected chi connectivity index (χ2v) is 5.79. The molecule has 118 valence electrons. The Morgan fingerprint density at radius 1 is 0.810 bits per heavy atom. The van der Waals surface area contributed by atoms with Crippen molar-refractivity contribution in [1.29, 1.82) is 0 Å². The predicted molar refractivity (Wildman–Crippen MR) is 93.9 cm³/mol. The lowest BCUT2D eigenvalue weighted by molar-refractivity contribution is 0.415. The van der Waals surface area contributed by atoms with Crippen LogP contribution in [0.4, 0.5) is 0 Å². The quantitative estimate of drug-likeness (QED) is 0.392. The molecule has 0 fully saturated rings. The minimum Gasteiger partial charge on any atom is -0.497 e. The van der Waals surface area contributed by atoms with E-state index >= 15 is 0 Å². The Balaban J connectivity index is 1.97. The van der Waals surface area contributed by atoms with Crippen LogP contribution in [0.5, 0.6) is 5.75 Å². The van der Waals surface area contributed by atoms with Crippen LogP contribution in [0.2, 0.25) is 0 Å². The fourth-order valence-corrected chi connectivity index (χ4v) is 2.51. The number of hydrogen-bond donors (Lipinski definition) is 0. The van der Waals surface area contributed by atoms with Crippen LogP contribution in [-0.4, -0.2) is 7.11 Å². The number of methoxy groups -OCH3 is 1. The van der Waals surface area contributed by atoms with Gasteiger partial charge in [-0.2, -0.15) is 0 Å². The van der Waals surface area contributed by atoms with Crippen molar-refractivity contribution in [2.75, 3.05) is 7.11 Å². The van der Waals surface area contributed by atoms with E-state index in [1.165, 1.54) is 69.8 Å². The van der Waals surface area contributed by atoms with E-state index in [0.29, 0.717) is 0 Å². The molecule has 0 aliphatic heterocycles. The highest BCUT2D eigenvalue weighted by molar-refractivity contribution is 5.50. The molecule has 0 bridgehead atoms. The summed E-state index contributed by atoms with van der Waals surface area (Å²) in [7, 11) is 1.70.